The molecule has 0 aromatic heterocycles. The number of anilines is 1. The second-order valence-corrected chi connectivity index (χ2v) is 5.62. The van der Waals surface area contributed by atoms with E-state index in [1.165, 1.54) is 12.1 Å². The number of benzene rings is 2. The first-order valence-electron chi connectivity index (χ1n) is 7.31. The van der Waals surface area contributed by atoms with Crippen molar-refractivity contribution >= 4 is 11.6 Å². The zero-order chi connectivity index (χ0) is 15.5. The average Bonchev–Trinajstić information content (AvgIpc) is 3.29. The summed E-state index contributed by atoms with van der Waals surface area (Å²) in [4.78, 5) is 12.3. The summed E-state index contributed by atoms with van der Waals surface area (Å²) in [5.74, 6) is -0.0662. The highest BCUT2D eigenvalue weighted by molar-refractivity contribution is 5.95. The van der Waals surface area contributed by atoms with Gasteiger partial charge < -0.3 is 10.1 Å². The maximum absolute atomic E-state index is 12.9. The van der Waals surface area contributed by atoms with E-state index >= 15 is 0 Å². The second kappa shape index (κ2) is 6.28. The third-order valence-corrected chi connectivity index (χ3v) is 3.93. The smallest absolute Gasteiger partial charge is 0.228 e. The van der Waals surface area contributed by atoms with Crippen LogP contribution in [0.5, 0.6) is 0 Å². The van der Waals surface area contributed by atoms with Gasteiger partial charge in [-0.3, -0.25) is 4.79 Å². The minimum Gasteiger partial charge on any atom is -0.380 e. The highest BCUT2D eigenvalue weighted by Crippen LogP contribution is 2.47. The fraction of sp³-hybridized carbons (Fsp3) is 0.278. The molecule has 114 valence electrons. The van der Waals surface area contributed by atoms with Crippen molar-refractivity contribution in [3.05, 3.63) is 65.5 Å². The molecular weight excluding hydrogens is 281 g/mol. The molecule has 1 aliphatic rings. The molecule has 4 heteroatoms. The minimum atomic E-state index is -0.250. The van der Waals surface area contributed by atoms with Gasteiger partial charge >= 0.3 is 0 Å². The van der Waals surface area contributed by atoms with Gasteiger partial charge in [0, 0.05) is 18.7 Å². The van der Waals surface area contributed by atoms with Gasteiger partial charge in [0.05, 0.1) is 6.61 Å². The molecular formula is C18H18FNO2. The summed E-state index contributed by atoms with van der Waals surface area (Å²) in [7, 11) is 1.64. The zero-order valence-corrected chi connectivity index (χ0v) is 12.4. The number of carbonyl (C=O) groups excluding carboxylic acids is 1. The summed E-state index contributed by atoms with van der Waals surface area (Å²) in [6.07, 6.45) is 0.815. The molecule has 0 radical (unpaired) electrons. The molecule has 1 amide bonds. The Labute approximate surface area is 129 Å². The standard InChI is InChI=1S/C18H18FNO2/c1-22-11-12-3-2-4-15(9-12)20-18(21)17-10-16(17)13-5-7-14(19)8-6-13/h2-9,16-17H,10-11H2,1H3,(H,20,21)/t16-,17+/m0/s1. The number of ether oxygens (including phenoxy) is 1. The lowest BCUT2D eigenvalue weighted by molar-refractivity contribution is -0.117. The fourth-order valence-corrected chi connectivity index (χ4v) is 2.70. The molecule has 3 rings (SSSR count). The Kier molecular flexibility index (Phi) is 4.20. The van der Waals surface area contributed by atoms with Crippen molar-refractivity contribution in [3.63, 3.8) is 0 Å². The lowest BCUT2D eigenvalue weighted by Crippen LogP contribution is -2.14. The third-order valence-electron chi connectivity index (χ3n) is 3.93. The Morgan fingerprint density at radius 3 is 2.77 bits per heavy atom. The van der Waals surface area contributed by atoms with Crippen LogP contribution in [-0.2, 0) is 16.1 Å². The van der Waals surface area contributed by atoms with Gasteiger partial charge in [-0.15, -0.1) is 0 Å². The van der Waals surface area contributed by atoms with Crippen LogP contribution >= 0.6 is 0 Å². The second-order valence-electron chi connectivity index (χ2n) is 5.62. The fourth-order valence-electron chi connectivity index (χ4n) is 2.70. The number of halogens is 1. The van der Waals surface area contributed by atoms with E-state index < -0.39 is 0 Å². The lowest BCUT2D eigenvalue weighted by Gasteiger charge is -2.07. The van der Waals surface area contributed by atoms with Crippen molar-refractivity contribution in [2.75, 3.05) is 12.4 Å². The van der Waals surface area contributed by atoms with Crippen LogP contribution in [0.15, 0.2) is 48.5 Å². The zero-order valence-electron chi connectivity index (χ0n) is 12.4. The van der Waals surface area contributed by atoms with E-state index in [2.05, 4.69) is 5.32 Å². The monoisotopic (exact) mass is 299 g/mol. The summed E-state index contributed by atoms with van der Waals surface area (Å²) in [5, 5.41) is 2.95. The molecule has 0 spiro atoms. The van der Waals surface area contributed by atoms with E-state index in [1.54, 1.807) is 19.2 Å². The molecule has 22 heavy (non-hydrogen) atoms. The van der Waals surface area contributed by atoms with Crippen molar-refractivity contribution < 1.29 is 13.9 Å². The number of methoxy groups -OCH3 is 1. The molecule has 2 aromatic rings. The van der Waals surface area contributed by atoms with Gasteiger partial charge in [0.2, 0.25) is 5.91 Å². The van der Waals surface area contributed by atoms with E-state index in [-0.39, 0.29) is 23.6 Å². The lowest BCUT2D eigenvalue weighted by atomic mass is 10.1. The van der Waals surface area contributed by atoms with Gasteiger partial charge in [0.25, 0.3) is 0 Å². The largest absolute Gasteiger partial charge is 0.380 e. The average molecular weight is 299 g/mol. The molecule has 3 nitrogen and oxygen atoms in total. The van der Waals surface area contributed by atoms with Gasteiger partial charge in [0.1, 0.15) is 5.82 Å². The van der Waals surface area contributed by atoms with E-state index in [0.717, 1.165) is 23.2 Å². The summed E-state index contributed by atoms with van der Waals surface area (Å²) in [5.41, 5.74) is 2.82. The maximum atomic E-state index is 12.9. The predicted molar refractivity (Wildman–Crippen MR) is 83.0 cm³/mol. The van der Waals surface area contributed by atoms with Crippen LogP contribution in [0.1, 0.15) is 23.5 Å². The summed E-state index contributed by atoms with van der Waals surface area (Å²) < 4.78 is 18.0. The summed E-state index contributed by atoms with van der Waals surface area (Å²) >= 11 is 0. The first kappa shape index (κ1) is 14.7. The summed E-state index contributed by atoms with van der Waals surface area (Å²) in [6.45, 7) is 0.519. The Bertz CT molecular complexity index is 669. The molecule has 0 saturated heterocycles. The molecule has 1 saturated carbocycles. The number of carbonyl (C=O) groups is 1. The number of hydrogen-bond acceptors (Lipinski definition) is 2. The molecule has 0 aliphatic heterocycles. The Morgan fingerprint density at radius 2 is 2.05 bits per heavy atom. The highest BCUT2D eigenvalue weighted by Gasteiger charge is 2.43. The molecule has 1 fully saturated rings. The first-order valence-corrected chi connectivity index (χ1v) is 7.31. The van der Waals surface area contributed by atoms with Crippen molar-refractivity contribution in [1.29, 1.82) is 0 Å². The van der Waals surface area contributed by atoms with E-state index in [9.17, 15) is 9.18 Å². The van der Waals surface area contributed by atoms with Crippen molar-refractivity contribution in [2.45, 2.75) is 18.9 Å². The van der Waals surface area contributed by atoms with E-state index in [0.29, 0.717) is 6.61 Å². The SMILES string of the molecule is COCc1cccc(NC(=O)[C@@H]2C[C@H]2c2ccc(F)cc2)c1. The number of nitrogens with one attached hydrogen (secondary N) is 1. The van der Waals surface area contributed by atoms with Gasteiger partial charge in [-0.1, -0.05) is 24.3 Å². The van der Waals surface area contributed by atoms with Crippen LogP contribution < -0.4 is 5.32 Å². The van der Waals surface area contributed by atoms with E-state index in [4.69, 9.17) is 4.74 Å². The Morgan fingerprint density at radius 1 is 1.27 bits per heavy atom. The van der Waals surface area contributed by atoms with Crippen LogP contribution in [0.25, 0.3) is 0 Å². The Hall–Kier alpha value is -2.20. The van der Waals surface area contributed by atoms with Gasteiger partial charge in [-0.25, -0.2) is 4.39 Å². The van der Waals surface area contributed by atoms with Crippen LogP contribution in [0.4, 0.5) is 10.1 Å². The van der Waals surface area contributed by atoms with Gasteiger partial charge in [-0.2, -0.15) is 0 Å². The molecule has 0 heterocycles. The quantitative estimate of drug-likeness (QED) is 0.914. The van der Waals surface area contributed by atoms with Crippen molar-refractivity contribution in [3.8, 4) is 0 Å². The minimum absolute atomic E-state index is 0.0175. The van der Waals surface area contributed by atoms with Gasteiger partial charge in [0.15, 0.2) is 0 Å². The maximum Gasteiger partial charge on any atom is 0.228 e. The van der Waals surface area contributed by atoms with E-state index in [1.807, 2.05) is 24.3 Å². The summed E-state index contributed by atoms with van der Waals surface area (Å²) in [6, 6.07) is 14.0. The normalized spacial score (nSPS) is 19.7. The molecule has 2 aromatic carbocycles. The molecule has 1 N–H and O–H groups in total. The van der Waals surface area contributed by atoms with Gasteiger partial charge in [-0.05, 0) is 47.7 Å². The molecule has 1 aliphatic carbocycles. The van der Waals surface area contributed by atoms with Crippen molar-refractivity contribution in [1.82, 2.24) is 0 Å². The van der Waals surface area contributed by atoms with Crippen LogP contribution in [-0.4, -0.2) is 13.0 Å². The van der Waals surface area contributed by atoms with Crippen LogP contribution in [0.2, 0.25) is 0 Å². The molecule has 0 unspecified atom stereocenters. The van der Waals surface area contributed by atoms with Crippen LogP contribution in [0, 0.1) is 11.7 Å². The highest BCUT2D eigenvalue weighted by atomic mass is 19.1. The topological polar surface area (TPSA) is 38.3 Å². The third kappa shape index (κ3) is 3.34. The Balaban J connectivity index is 1.61. The molecule has 0 bridgehead atoms. The van der Waals surface area contributed by atoms with Crippen molar-refractivity contribution in [2.24, 2.45) is 5.92 Å². The molecule has 2 atom stereocenters. The predicted octanol–water partition coefficient (Wildman–Crippen LogP) is 3.71. The number of rotatable bonds is 5. The number of hydrogen-bond donors (Lipinski definition) is 1. The first-order chi connectivity index (χ1) is 10.7. The number of amides is 1. The van der Waals surface area contributed by atoms with Crippen LogP contribution in [0.3, 0.4) is 0 Å².